The predicted molar refractivity (Wildman–Crippen MR) is 115 cm³/mol. The first kappa shape index (κ1) is 21.2. The summed E-state index contributed by atoms with van der Waals surface area (Å²) in [7, 11) is -3.70. The zero-order chi connectivity index (χ0) is 20.5. The van der Waals surface area contributed by atoms with E-state index in [-0.39, 0.29) is 4.90 Å². The second-order valence-electron chi connectivity index (χ2n) is 6.81. The monoisotopic (exact) mass is 442 g/mol. The number of rotatable bonds is 5. The highest BCUT2D eigenvalue weighted by atomic mass is 35.5. The fourth-order valence-corrected chi connectivity index (χ4v) is 5.18. The van der Waals surface area contributed by atoms with Gasteiger partial charge in [-0.2, -0.15) is 4.31 Å². The molecule has 0 N–H and O–H groups in total. The molecule has 0 amide bonds. The molecule has 0 aromatic heterocycles. The van der Waals surface area contributed by atoms with Crippen molar-refractivity contribution in [1.82, 2.24) is 4.31 Å². The molecule has 28 heavy (non-hydrogen) atoms. The van der Waals surface area contributed by atoms with Crippen LogP contribution < -0.4 is 9.64 Å². The highest BCUT2D eigenvalue weighted by Crippen LogP contribution is 2.33. The summed E-state index contributed by atoms with van der Waals surface area (Å²) in [6.07, 6.45) is 0. The Balaban J connectivity index is 1.81. The maximum absolute atomic E-state index is 13.2. The molecule has 1 fully saturated rings. The summed E-state index contributed by atoms with van der Waals surface area (Å²) >= 11 is 12.4. The van der Waals surface area contributed by atoms with Crippen LogP contribution in [0.2, 0.25) is 10.0 Å². The van der Waals surface area contributed by atoms with E-state index in [0.717, 1.165) is 16.8 Å². The molecule has 8 heteroatoms. The number of ether oxygens (including phenoxy) is 1. The SMILES string of the molecule is CCOc1cc(C)c(Cl)cc1S(=O)(=O)N1CCN(c2ccc(C)c(Cl)c2)CC1. The number of piperazine rings is 1. The van der Waals surface area contributed by atoms with Crippen LogP contribution in [0.3, 0.4) is 0 Å². The lowest BCUT2D eigenvalue weighted by Crippen LogP contribution is -2.48. The van der Waals surface area contributed by atoms with E-state index >= 15 is 0 Å². The highest BCUT2D eigenvalue weighted by molar-refractivity contribution is 7.89. The molecule has 0 bridgehead atoms. The van der Waals surface area contributed by atoms with Crippen LogP contribution in [0, 0.1) is 13.8 Å². The third kappa shape index (κ3) is 4.25. The van der Waals surface area contributed by atoms with Crippen LogP contribution in [0.1, 0.15) is 18.1 Å². The van der Waals surface area contributed by atoms with Crippen molar-refractivity contribution in [2.45, 2.75) is 25.7 Å². The predicted octanol–water partition coefficient (Wildman–Crippen LogP) is 4.52. The van der Waals surface area contributed by atoms with E-state index in [4.69, 9.17) is 27.9 Å². The van der Waals surface area contributed by atoms with Gasteiger partial charge in [-0.3, -0.25) is 0 Å². The van der Waals surface area contributed by atoms with E-state index in [1.165, 1.54) is 10.4 Å². The number of sulfonamides is 1. The summed E-state index contributed by atoms with van der Waals surface area (Å²) < 4.78 is 33.5. The molecule has 1 heterocycles. The standard InChI is InChI=1S/C20H24Cl2N2O3S/c1-4-27-19-11-15(3)18(22)13-20(19)28(25,26)24-9-7-23(8-10-24)16-6-5-14(2)17(21)12-16/h5-6,11-13H,4,7-10H2,1-3H3. The van der Waals surface area contributed by atoms with Gasteiger partial charge < -0.3 is 9.64 Å². The molecule has 0 spiro atoms. The van der Waals surface area contributed by atoms with Gasteiger partial charge in [-0.25, -0.2) is 8.42 Å². The first-order chi connectivity index (χ1) is 13.2. The minimum Gasteiger partial charge on any atom is -0.492 e. The number of aryl methyl sites for hydroxylation is 2. The van der Waals surface area contributed by atoms with Gasteiger partial charge in [0.25, 0.3) is 0 Å². The Morgan fingerprint density at radius 1 is 0.964 bits per heavy atom. The van der Waals surface area contributed by atoms with Crippen molar-refractivity contribution in [3.8, 4) is 5.75 Å². The molecule has 1 aliphatic heterocycles. The molecule has 1 saturated heterocycles. The van der Waals surface area contributed by atoms with Crippen LogP contribution in [0.25, 0.3) is 0 Å². The average molecular weight is 443 g/mol. The maximum Gasteiger partial charge on any atom is 0.246 e. The topological polar surface area (TPSA) is 49.9 Å². The lowest BCUT2D eigenvalue weighted by atomic mass is 10.2. The number of anilines is 1. The quantitative estimate of drug-likeness (QED) is 0.682. The Kier molecular flexibility index (Phi) is 6.44. The largest absolute Gasteiger partial charge is 0.492 e. The molecule has 2 aromatic carbocycles. The van der Waals surface area contributed by atoms with Gasteiger partial charge >= 0.3 is 0 Å². The van der Waals surface area contributed by atoms with E-state index in [1.807, 2.05) is 39.0 Å². The smallest absolute Gasteiger partial charge is 0.246 e. The van der Waals surface area contributed by atoms with Gasteiger partial charge in [-0.05, 0) is 56.2 Å². The Labute approximate surface area is 176 Å². The summed E-state index contributed by atoms with van der Waals surface area (Å²) in [4.78, 5) is 2.26. The summed E-state index contributed by atoms with van der Waals surface area (Å²) in [6.45, 7) is 7.92. The summed E-state index contributed by atoms with van der Waals surface area (Å²) in [5.74, 6) is 0.345. The third-order valence-electron chi connectivity index (χ3n) is 4.90. The summed E-state index contributed by atoms with van der Waals surface area (Å²) in [6, 6.07) is 9.09. The minimum atomic E-state index is -3.70. The third-order valence-corrected chi connectivity index (χ3v) is 7.64. The number of nitrogens with zero attached hydrogens (tertiary/aromatic N) is 2. The Morgan fingerprint density at radius 2 is 1.61 bits per heavy atom. The summed E-state index contributed by atoms with van der Waals surface area (Å²) in [5, 5.41) is 1.12. The Bertz CT molecular complexity index is 972. The van der Waals surface area contributed by atoms with Crippen LogP contribution in [0.4, 0.5) is 5.69 Å². The minimum absolute atomic E-state index is 0.122. The summed E-state index contributed by atoms with van der Waals surface area (Å²) in [5.41, 5.74) is 2.80. The van der Waals surface area contributed by atoms with Crippen LogP contribution in [-0.4, -0.2) is 45.5 Å². The van der Waals surface area contributed by atoms with E-state index in [2.05, 4.69) is 4.90 Å². The van der Waals surface area contributed by atoms with Gasteiger partial charge in [-0.1, -0.05) is 29.3 Å². The van der Waals surface area contributed by atoms with Gasteiger partial charge in [0.1, 0.15) is 10.6 Å². The van der Waals surface area contributed by atoms with Crippen molar-refractivity contribution in [2.75, 3.05) is 37.7 Å². The molecule has 0 atom stereocenters. The van der Waals surface area contributed by atoms with E-state index in [9.17, 15) is 8.42 Å². The maximum atomic E-state index is 13.2. The molecule has 0 unspecified atom stereocenters. The highest BCUT2D eigenvalue weighted by Gasteiger charge is 2.31. The van der Waals surface area contributed by atoms with Crippen molar-refractivity contribution in [3.05, 3.63) is 51.5 Å². The van der Waals surface area contributed by atoms with Crippen LogP contribution in [-0.2, 0) is 10.0 Å². The lowest BCUT2D eigenvalue weighted by molar-refractivity contribution is 0.327. The molecule has 5 nitrogen and oxygen atoms in total. The van der Waals surface area contributed by atoms with Crippen molar-refractivity contribution in [1.29, 1.82) is 0 Å². The average Bonchev–Trinajstić information content (AvgIpc) is 2.67. The molecule has 1 aliphatic rings. The molecule has 0 aliphatic carbocycles. The molecule has 3 rings (SSSR count). The van der Waals surface area contributed by atoms with Crippen molar-refractivity contribution in [3.63, 3.8) is 0 Å². The number of hydrogen-bond acceptors (Lipinski definition) is 4. The fourth-order valence-electron chi connectivity index (χ4n) is 3.21. The van der Waals surface area contributed by atoms with Gasteiger partial charge in [0, 0.05) is 41.9 Å². The van der Waals surface area contributed by atoms with Gasteiger partial charge in [0.2, 0.25) is 10.0 Å². The van der Waals surface area contributed by atoms with E-state index in [0.29, 0.717) is 48.6 Å². The fraction of sp³-hybridized carbons (Fsp3) is 0.400. The zero-order valence-corrected chi connectivity index (χ0v) is 18.5. The van der Waals surface area contributed by atoms with Gasteiger partial charge in [0.15, 0.2) is 0 Å². The second-order valence-corrected chi connectivity index (χ2v) is 9.53. The van der Waals surface area contributed by atoms with E-state index in [1.54, 1.807) is 6.07 Å². The van der Waals surface area contributed by atoms with Gasteiger partial charge in [0.05, 0.1) is 6.61 Å². The molecule has 0 radical (unpaired) electrons. The molecular formula is C20H24Cl2N2O3S. The van der Waals surface area contributed by atoms with Crippen molar-refractivity contribution >= 4 is 38.9 Å². The number of benzene rings is 2. The Morgan fingerprint density at radius 3 is 2.21 bits per heavy atom. The van der Waals surface area contributed by atoms with Crippen molar-refractivity contribution < 1.29 is 13.2 Å². The van der Waals surface area contributed by atoms with E-state index < -0.39 is 10.0 Å². The first-order valence-electron chi connectivity index (χ1n) is 9.18. The molecule has 0 saturated carbocycles. The van der Waals surface area contributed by atoms with Crippen LogP contribution in [0.5, 0.6) is 5.75 Å². The number of hydrogen-bond donors (Lipinski definition) is 0. The van der Waals surface area contributed by atoms with Gasteiger partial charge in [-0.15, -0.1) is 0 Å². The zero-order valence-electron chi connectivity index (χ0n) is 16.2. The van der Waals surface area contributed by atoms with Crippen LogP contribution >= 0.6 is 23.2 Å². The number of halogens is 2. The Hall–Kier alpha value is -1.47. The van der Waals surface area contributed by atoms with Crippen molar-refractivity contribution in [2.24, 2.45) is 0 Å². The molecule has 152 valence electrons. The molecular weight excluding hydrogens is 419 g/mol. The lowest BCUT2D eigenvalue weighted by Gasteiger charge is -2.35. The normalized spacial score (nSPS) is 15.7. The molecule has 2 aromatic rings. The second kappa shape index (κ2) is 8.49. The first-order valence-corrected chi connectivity index (χ1v) is 11.4. The van der Waals surface area contributed by atoms with Crippen LogP contribution in [0.15, 0.2) is 35.2 Å².